The summed E-state index contributed by atoms with van der Waals surface area (Å²) in [7, 11) is 4.57. The second-order valence-corrected chi connectivity index (χ2v) is 7.51. The van der Waals surface area contributed by atoms with Crippen LogP contribution in [-0.2, 0) is 11.3 Å². The van der Waals surface area contributed by atoms with Crippen molar-refractivity contribution < 1.29 is 28.5 Å². The maximum absolute atomic E-state index is 14.6. The number of nitrogens with zero attached hydrogens (tertiary/aromatic N) is 1. The predicted octanol–water partition coefficient (Wildman–Crippen LogP) is 3.14. The lowest BCUT2D eigenvalue weighted by Crippen LogP contribution is -2.36. The van der Waals surface area contributed by atoms with Gasteiger partial charge in [0.05, 0.1) is 33.1 Å². The maximum Gasteiger partial charge on any atom is 0.244 e. The Morgan fingerprint density at radius 3 is 2.34 bits per heavy atom. The Morgan fingerprint density at radius 2 is 1.78 bits per heavy atom. The third-order valence-electron chi connectivity index (χ3n) is 5.40. The molecule has 0 atom stereocenters. The molecule has 1 aliphatic heterocycles. The number of piperidine rings is 1. The molecule has 172 valence electrons. The van der Waals surface area contributed by atoms with Crippen LogP contribution in [0.2, 0.25) is 0 Å². The minimum Gasteiger partial charge on any atom is -0.493 e. The molecule has 0 saturated carbocycles. The Morgan fingerprint density at radius 1 is 1.12 bits per heavy atom. The molecule has 0 spiro atoms. The van der Waals surface area contributed by atoms with Crippen LogP contribution < -0.4 is 24.4 Å². The Kier molecular flexibility index (Phi) is 7.94. The SMILES string of the molecule is COc1cc(/C=C\C(=O)NCc2ccc(N3CCC(O)CC3)c(F)c2)cc(OC)c1OC. The molecule has 7 nitrogen and oxygen atoms in total. The second kappa shape index (κ2) is 10.9. The highest BCUT2D eigenvalue weighted by Gasteiger charge is 2.19. The van der Waals surface area contributed by atoms with Crippen molar-refractivity contribution in [3.05, 3.63) is 53.4 Å². The van der Waals surface area contributed by atoms with E-state index in [2.05, 4.69) is 5.32 Å². The second-order valence-electron chi connectivity index (χ2n) is 7.51. The minimum atomic E-state index is -0.332. The summed E-state index contributed by atoms with van der Waals surface area (Å²) in [6.07, 6.45) is 3.99. The molecular weight excluding hydrogens is 415 g/mol. The molecule has 2 N–H and O–H groups in total. The summed E-state index contributed by atoms with van der Waals surface area (Å²) in [5, 5.41) is 12.4. The largest absolute Gasteiger partial charge is 0.493 e. The maximum atomic E-state index is 14.6. The number of methoxy groups -OCH3 is 3. The molecule has 0 aromatic heterocycles. The van der Waals surface area contributed by atoms with Crippen molar-refractivity contribution in [3.8, 4) is 17.2 Å². The first kappa shape index (κ1) is 23.4. The molecule has 8 heteroatoms. The number of rotatable bonds is 8. The normalized spacial score (nSPS) is 14.5. The third kappa shape index (κ3) is 5.70. The number of carbonyl (C=O) groups is 1. The van der Waals surface area contributed by atoms with E-state index in [0.717, 1.165) is 0 Å². The van der Waals surface area contributed by atoms with E-state index in [1.54, 1.807) is 30.3 Å². The summed E-state index contributed by atoms with van der Waals surface area (Å²) in [6, 6.07) is 8.42. The Bertz CT molecular complexity index is 946. The molecule has 0 radical (unpaired) electrons. The molecular formula is C24H29FN2O5. The van der Waals surface area contributed by atoms with Gasteiger partial charge >= 0.3 is 0 Å². The number of nitrogens with one attached hydrogen (secondary N) is 1. The standard InChI is InChI=1S/C24H29FN2O5/c1-30-21-13-16(14-22(31-2)24(21)32-3)5-7-23(29)26-15-17-4-6-20(19(25)12-17)27-10-8-18(28)9-11-27/h4-7,12-14,18,28H,8-11,15H2,1-3H3,(H,26,29)/b7-5-. The Balaban J connectivity index is 1.60. The number of aliphatic hydroxyl groups excluding tert-OH is 1. The monoisotopic (exact) mass is 444 g/mol. The van der Waals surface area contributed by atoms with Gasteiger partial charge in [-0.1, -0.05) is 6.07 Å². The fraction of sp³-hybridized carbons (Fsp3) is 0.375. The lowest BCUT2D eigenvalue weighted by molar-refractivity contribution is -0.116. The van der Waals surface area contributed by atoms with Crippen LogP contribution in [0.3, 0.4) is 0 Å². The number of ether oxygens (including phenoxy) is 3. The van der Waals surface area contributed by atoms with E-state index in [-0.39, 0.29) is 24.4 Å². The van der Waals surface area contributed by atoms with Crippen molar-refractivity contribution >= 4 is 17.7 Å². The average Bonchev–Trinajstić information content (AvgIpc) is 2.81. The zero-order valence-corrected chi connectivity index (χ0v) is 18.6. The number of carbonyl (C=O) groups excluding carboxylic acids is 1. The highest BCUT2D eigenvalue weighted by atomic mass is 19.1. The average molecular weight is 445 g/mol. The first-order chi connectivity index (χ1) is 15.4. The topological polar surface area (TPSA) is 80.3 Å². The molecule has 1 amide bonds. The van der Waals surface area contributed by atoms with Crippen molar-refractivity contribution in [3.63, 3.8) is 0 Å². The van der Waals surface area contributed by atoms with Gasteiger partial charge in [0.1, 0.15) is 5.82 Å². The van der Waals surface area contributed by atoms with Crippen LogP contribution in [0.4, 0.5) is 10.1 Å². The molecule has 2 aromatic carbocycles. The smallest absolute Gasteiger partial charge is 0.244 e. The summed E-state index contributed by atoms with van der Waals surface area (Å²) in [5.74, 6) is 0.813. The fourth-order valence-corrected chi connectivity index (χ4v) is 3.64. The van der Waals surface area contributed by atoms with Gasteiger partial charge in [-0.25, -0.2) is 4.39 Å². The number of hydrogen-bond donors (Lipinski definition) is 2. The van der Waals surface area contributed by atoms with Crippen LogP contribution in [0.1, 0.15) is 24.0 Å². The molecule has 1 heterocycles. The van der Waals surface area contributed by atoms with Crippen LogP contribution >= 0.6 is 0 Å². The van der Waals surface area contributed by atoms with Crippen LogP contribution in [-0.4, -0.2) is 51.5 Å². The fourth-order valence-electron chi connectivity index (χ4n) is 3.64. The quantitative estimate of drug-likeness (QED) is 0.609. The molecule has 3 rings (SSSR count). The van der Waals surface area contributed by atoms with Gasteiger partial charge in [0.25, 0.3) is 0 Å². The highest BCUT2D eigenvalue weighted by Crippen LogP contribution is 2.38. The van der Waals surface area contributed by atoms with Crippen molar-refractivity contribution in [1.29, 1.82) is 0 Å². The highest BCUT2D eigenvalue weighted by molar-refractivity contribution is 5.91. The summed E-state index contributed by atoms with van der Waals surface area (Å²) in [4.78, 5) is 14.2. The van der Waals surface area contributed by atoms with E-state index in [1.807, 2.05) is 4.90 Å². The molecule has 1 saturated heterocycles. The Labute approximate surface area is 187 Å². The zero-order valence-electron chi connectivity index (χ0n) is 18.6. The summed E-state index contributed by atoms with van der Waals surface area (Å²) in [5.41, 5.74) is 1.89. The van der Waals surface area contributed by atoms with Gasteiger partial charge in [0, 0.05) is 25.7 Å². The van der Waals surface area contributed by atoms with E-state index in [4.69, 9.17) is 14.2 Å². The first-order valence-corrected chi connectivity index (χ1v) is 10.4. The van der Waals surface area contributed by atoms with Gasteiger partial charge in [0.2, 0.25) is 11.7 Å². The minimum absolute atomic E-state index is 0.203. The van der Waals surface area contributed by atoms with Crippen molar-refractivity contribution in [2.24, 2.45) is 0 Å². The molecule has 1 aliphatic rings. The molecule has 0 unspecified atom stereocenters. The summed E-state index contributed by atoms with van der Waals surface area (Å²) < 4.78 is 30.5. The van der Waals surface area contributed by atoms with Crippen molar-refractivity contribution in [1.82, 2.24) is 5.32 Å². The molecule has 0 aliphatic carbocycles. The van der Waals surface area contributed by atoms with E-state index in [0.29, 0.717) is 60.0 Å². The van der Waals surface area contributed by atoms with Crippen molar-refractivity contribution in [2.45, 2.75) is 25.5 Å². The number of halogens is 1. The number of benzene rings is 2. The first-order valence-electron chi connectivity index (χ1n) is 10.4. The molecule has 32 heavy (non-hydrogen) atoms. The summed E-state index contributed by atoms with van der Waals surface area (Å²) >= 11 is 0. The number of amides is 1. The molecule has 1 fully saturated rings. The number of aliphatic hydroxyl groups is 1. The van der Waals surface area contributed by atoms with Gasteiger partial charge < -0.3 is 29.5 Å². The van der Waals surface area contributed by atoms with Crippen LogP contribution in [0.5, 0.6) is 17.2 Å². The van der Waals surface area contributed by atoms with Gasteiger partial charge in [-0.3, -0.25) is 4.79 Å². The molecule has 2 aromatic rings. The predicted molar refractivity (Wildman–Crippen MR) is 121 cm³/mol. The summed E-state index contributed by atoms with van der Waals surface area (Å²) in [6.45, 7) is 1.45. The van der Waals surface area contributed by atoms with Crippen LogP contribution in [0.25, 0.3) is 6.08 Å². The number of anilines is 1. The zero-order chi connectivity index (χ0) is 23.1. The van der Waals surface area contributed by atoms with Gasteiger partial charge in [-0.2, -0.15) is 0 Å². The van der Waals surface area contributed by atoms with Gasteiger partial charge in [-0.05, 0) is 54.3 Å². The van der Waals surface area contributed by atoms with E-state index >= 15 is 0 Å². The van der Waals surface area contributed by atoms with E-state index in [1.165, 1.54) is 33.5 Å². The van der Waals surface area contributed by atoms with Gasteiger partial charge in [0.15, 0.2) is 11.5 Å². The number of hydrogen-bond acceptors (Lipinski definition) is 6. The van der Waals surface area contributed by atoms with E-state index < -0.39 is 0 Å². The lowest BCUT2D eigenvalue weighted by Gasteiger charge is -2.31. The Hall–Kier alpha value is -3.26. The molecule has 0 bridgehead atoms. The lowest BCUT2D eigenvalue weighted by atomic mass is 10.1. The van der Waals surface area contributed by atoms with Gasteiger partial charge in [-0.15, -0.1) is 0 Å². The van der Waals surface area contributed by atoms with E-state index in [9.17, 15) is 14.3 Å². The van der Waals surface area contributed by atoms with Crippen LogP contribution in [0.15, 0.2) is 36.4 Å². The van der Waals surface area contributed by atoms with Crippen molar-refractivity contribution in [2.75, 3.05) is 39.3 Å². The van der Waals surface area contributed by atoms with Crippen LogP contribution in [0, 0.1) is 5.82 Å². The third-order valence-corrected chi connectivity index (χ3v) is 5.40.